The normalized spacial score (nSPS) is 26.2. The monoisotopic (exact) mass is 505 g/mol. The molecule has 1 spiro atoms. The van der Waals surface area contributed by atoms with E-state index in [1.807, 2.05) is 30.3 Å². The van der Waals surface area contributed by atoms with Crippen molar-refractivity contribution in [2.45, 2.75) is 49.7 Å². The lowest BCUT2D eigenvalue weighted by atomic mass is 10.0. The predicted octanol–water partition coefficient (Wildman–Crippen LogP) is 0.796. The number of anilines is 1. The number of phosphoric acid groups is 1. The van der Waals surface area contributed by atoms with Crippen LogP contribution in [0.5, 0.6) is 0 Å². The van der Waals surface area contributed by atoms with Gasteiger partial charge in [-0.05, 0) is 5.56 Å². The number of nitrogen functional groups attached to an aromatic ring is 1. The minimum atomic E-state index is -4.81. The van der Waals surface area contributed by atoms with E-state index in [4.69, 9.17) is 19.7 Å². The summed E-state index contributed by atoms with van der Waals surface area (Å²) in [5, 5.41) is 0. The lowest BCUT2D eigenvalue weighted by Gasteiger charge is -2.36. The van der Waals surface area contributed by atoms with Crippen LogP contribution in [0.1, 0.15) is 31.1 Å². The first-order valence-corrected chi connectivity index (χ1v) is 12.4. The van der Waals surface area contributed by atoms with Gasteiger partial charge in [0, 0.05) is 26.3 Å². The second-order valence-corrected chi connectivity index (χ2v) is 9.99. The van der Waals surface area contributed by atoms with Crippen LogP contribution in [0.25, 0.3) is 11.2 Å². The van der Waals surface area contributed by atoms with Crippen LogP contribution in [0.15, 0.2) is 41.5 Å². The molecule has 4 unspecified atom stereocenters. The summed E-state index contributed by atoms with van der Waals surface area (Å²) in [6.07, 6.45) is -0.453. The van der Waals surface area contributed by atoms with Crippen LogP contribution < -0.4 is 11.3 Å². The number of fused-ring (bicyclic) bond motifs is 1. The number of rotatable bonds is 6. The van der Waals surface area contributed by atoms with Gasteiger partial charge in [0.1, 0.15) is 17.9 Å². The topological polar surface area (TPSA) is 181 Å². The number of carbonyl (C=O) groups is 1. The molecule has 1 saturated carbocycles. The van der Waals surface area contributed by atoms with Gasteiger partial charge in [-0.1, -0.05) is 30.3 Å². The van der Waals surface area contributed by atoms with Gasteiger partial charge in [0.15, 0.2) is 11.2 Å². The Balaban J connectivity index is 1.40. The molecule has 3 heterocycles. The van der Waals surface area contributed by atoms with Gasteiger partial charge in [-0.3, -0.25) is 23.2 Å². The van der Waals surface area contributed by atoms with Crippen LogP contribution in [0, 0.1) is 0 Å². The summed E-state index contributed by atoms with van der Waals surface area (Å²) in [5.41, 5.74) is 5.43. The van der Waals surface area contributed by atoms with E-state index in [-0.39, 0.29) is 36.4 Å². The highest BCUT2D eigenvalue weighted by atomic mass is 31.2. The summed E-state index contributed by atoms with van der Waals surface area (Å²) in [6, 6.07) is 9.12. The number of imidazole rings is 1. The SMILES string of the molecule is Cn1c(N)nc2c(ncn2C2CC(OP(=O)(O)O)CC3(CC3OC(=O)Cc3ccccc3)O2)c1=O. The molecular formula is C21H24N5O8P. The molecule has 1 saturated heterocycles. The van der Waals surface area contributed by atoms with Crippen LogP contribution in [0.4, 0.5) is 5.95 Å². The first-order valence-electron chi connectivity index (χ1n) is 10.9. The maximum atomic E-state index is 12.5. The third kappa shape index (κ3) is 4.73. The summed E-state index contributed by atoms with van der Waals surface area (Å²) in [7, 11) is -3.34. The van der Waals surface area contributed by atoms with Crippen molar-refractivity contribution in [3.63, 3.8) is 0 Å². The van der Waals surface area contributed by atoms with Crippen molar-refractivity contribution < 1.29 is 33.1 Å². The Kier molecular flexibility index (Phi) is 5.77. The fourth-order valence-electron chi connectivity index (χ4n) is 4.48. The van der Waals surface area contributed by atoms with Crippen LogP contribution in [-0.2, 0) is 36.8 Å². The van der Waals surface area contributed by atoms with Gasteiger partial charge < -0.3 is 25.0 Å². The highest BCUT2D eigenvalue weighted by Gasteiger charge is 2.63. The van der Waals surface area contributed by atoms with E-state index in [9.17, 15) is 23.9 Å². The summed E-state index contributed by atoms with van der Waals surface area (Å²) in [6.45, 7) is 0. The molecule has 1 aliphatic carbocycles. The maximum Gasteiger partial charge on any atom is 0.469 e. The molecule has 2 aliphatic rings. The van der Waals surface area contributed by atoms with E-state index in [0.717, 1.165) is 10.1 Å². The summed E-state index contributed by atoms with van der Waals surface area (Å²) < 4.78 is 31.1. The molecule has 3 aromatic rings. The number of nitrogens with zero attached hydrogens (tertiary/aromatic N) is 4. The van der Waals surface area contributed by atoms with Crippen molar-refractivity contribution in [1.29, 1.82) is 0 Å². The van der Waals surface area contributed by atoms with E-state index in [0.29, 0.717) is 6.42 Å². The van der Waals surface area contributed by atoms with Gasteiger partial charge in [-0.15, -0.1) is 0 Å². The highest BCUT2D eigenvalue weighted by molar-refractivity contribution is 7.46. The standard InChI is InChI=1S/C21H24N5O8P/c1-25-19(28)17-18(24-20(25)22)26(11-23-17)15-8-13(34-35(29,30)31)9-21(33-15)10-14(21)32-16(27)7-12-5-3-2-4-6-12/h2-6,11,13-15H,7-10H2,1H3,(H2,22,24)(H2,29,30,31). The van der Waals surface area contributed by atoms with Crippen molar-refractivity contribution in [2.75, 3.05) is 5.73 Å². The van der Waals surface area contributed by atoms with Crippen LogP contribution in [0.3, 0.4) is 0 Å². The molecule has 13 nitrogen and oxygen atoms in total. The zero-order chi connectivity index (χ0) is 25.0. The van der Waals surface area contributed by atoms with Crippen LogP contribution >= 0.6 is 7.82 Å². The number of esters is 1. The van der Waals surface area contributed by atoms with Gasteiger partial charge in [-0.2, -0.15) is 4.98 Å². The third-order valence-electron chi connectivity index (χ3n) is 6.27. The molecule has 186 valence electrons. The van der Waals surface area contributed by atoms with E-state index in [1.165, 1.54) is 17.9 Å². The maximum absolute atomic E-state index is 12.5. The van der Waals surface area contributed by atoms with Crippen molar-refractivity contribution in [3.8, 4) is 0 Å². The Hall–Kier alpha value is -3.09. The summed E-state index contributed by atoms with van der Waals surface area (Å²) >= 11 is 0. The van der Waals surface area contributed by atoms with Gasteiger partial charge >= 0.3 is 13.8 Å². The fourth-order valence-corrected chi connectivity index (χ4v) is 5.03. The zero-order valence-electron chi connectivity index (χ0n) is 18.7. The second-order valence-electron chi connectivity index (χ2n) is 8.80. The van der Waals surface area contributed by atoms with E-state index >= 15 is 0 Å². The first kappa shape index (κ1) is 23.6. The number of hydrogen-bond acceptors (Lipinski definition) is 9. The molecule has 5 rings (SSSR count). The van der Waals surface area contributed by atoms with Crippen molar-refractivity contribution >= 4 is 30.9 Å². The Morgan fingerprint density at radius 2 is 2.06 bits per heavy atom. The molecule has 0 bridgehead atoms. The second kappa shape index (κ2) is 8.54. The van der Waals surface area contributed by atoms with Crippen molar-refractivity contribution in [3.05, 3.63) is 52.6 Å². The van der Waals surface area contributed by atoms with E-state index in [1.54, 1.807) is 0 Å². The van der Waals surface area contributed by atoms with Gasteiger partial charge in [0.2, 0.25) is 5.95 Å². The molecule has 4 N–H and O–H groups in total. The molecule has 35 heavy (non-hydrogen) atoms. The average molecular weight is 505 g/mol. The Morgan fingerprint density at radius 1 is 1.31 bits per heavy atom. The smallest absolute Gasteiger partial charge is 0.459 e. The van der Waals surface area contributed by atoms with Gasteiger partial charge in [0.05, 0.1) is 18.9 Å². The molecular weight excluding hydrogens is 481 g/mol. The molecule has 0 radical (unpaired) electrons. The molecule has 4 atom stereocenters. The molecule has 0 amide bonds. The number of benzene rings is 1. The lowest BCUT2D eigenvalue weighted by Crippen LogP contribution is -2.39. The molecule has 2 fully saturated rings. The van der Waals surface area contributed by atoms with E-state index < -0.39 is 43.4 Å². The number of hydrogen-bond donors (Lipinski definition) is 3. The lowest BCUT2D eigenvalue weighted by molar-refractivity contribution is -0.168. The molecule has 14 heteroatoms. The average Bonchev–Trinajstić information content (AvgIpc) is 3.22. The van der Waals surface area contributed by atoms with Gasteiger partial charge in [-0.25, -0.2) is 9.55 Å². The predicted molar refractivity (Wildman–Crippen MR) is 121 cm³/mol. The Bertz CT molecular complexity index is 1390. The molecule has 1 aliphatic heterocycles. The Morgan fingerprint density at radius 3 is 2.77 bits per heavy atom. The largest absolute Gasteiger partial charge is 0.469 e. The number of aromatic nitrogens is 4. The molecule has 1 aromatic carbocycles. The number of carbonyl (C=O) groups excluding carboxylic acids is 1. The minimum absolute atomic E-state index is 0.0306. The van der Waals surface area contributed by atoms with Crippen LogP contribution in [0.2, 0.25) is 0 Å². The van der Waals surface area contributed by atoms with Crippen molar-refractivity contribution in [1.82, 2.24) is 19.1 Å². The van der Waals surface area contributed by atoms with E-state index in [2.05, 4.69) is 9.97 Å². The zero-order valence-corrected chi connectivity index (χ0v) is 19.6. The highest BCUT2D eigenvalue weighted by Crippen LogP contribution is 2.55. The molecule has 2 aromatic heterocycles. The summed E-state index contributed by atoms with van der Waals surface area (Å²) in [5.74, 6) is -0.473. The van der Waals surface area contributed by atoms with Crippen molar-refractivity contribution in [2.24, 2.45) is 7.05 Å². The fraction of sp³-hybridized carbons (Fsp3) is 0.429. The number of ether oxygens (including phenoxy) is 2. The third-order valence-corrected chi connectivity index (χ3v) is 6.84. The number of nitrogens with two attached hydrogens (primary N) is 1. The van der Waals surface area contributed by atoms with Crippen LogP contribution in [-0.4, -0.2) is 52.7 Å². The minimum Gasteiger partial charge on any atom is -0.459 e. The quantitative estimate of drug-likeness (QED) is 0.318. The first-order chi connectivity index (χ1) is 16.5. The van der Waals surface area contributed by atoms with Gasteiger partial charge in [0.25, 0.3) is 5.56 Å². The Labute approximate surface area is 198 Å². The number of phosphoric ester groups is 1. The summed E-state index contributed by atoms with van der Waals surface area (Å²) in [4.78, 5) is 52.1.